The van der Waals surface area contributed by atoms with Crippen molar-refractivity contribution in [1.82, 2.24) is 0 Å². The fourth-order valence-corrected chi connectivity index (χ4v) is 3.25. The quantitative estimate of drug-likeness (QED) is 0.435. The third kappa shape index (κ3) is 6.18. The van der Waals surface area contributed by atoms with Crippen LogP contribution in [0.5, 0.6) is 0 Å². The summed E-state index contributed by atoms with van der Waals surface area (Å²) in [6, 6.07) is 7.56. The summed E-state index contributed by atoms with van der Waals surface area (Å²) >= 11 is 6.03. The summed E-state index contributed by atoms with van der Waals surface area (Å²) in [4.78, 5) is -0.217. The molecule has 0 bridgehead atoms. The Kier molecular flexibility index (Phi) is 6.88. The first-order valence-electron chi connectivity index (χ1n) is 6.76. The molecule has 0 aromatic heterocycles. The summed E-state index contributed by atoms with van der Waals surface area (Å²) in [7, 11) is -3.62. The van der Waals surface area contributed by atoms with Gasteiger partial charge in [-0.15, -0.1) is 0 Å². The lowest BCUT2D eigenvalue weighted by molar-refractivity contribution is 0.152. The van der Waals surface area contributed by atoms with Crippen LogP contribution in [-0.4, -0.2) is 17.1 Å². The summed E-state index contributed by atoms with van der Waals surface area (Å²) in [5, 5.41) is 3.92. The van der Waals surface area contributed by atoms with Gasteiger partial charge in [-0.1, -0.05) is 29.3 Å². The zero-order valence-electron chi connectivity index (χ0n) is 13.0. The minimum Gasteiger partial charge on any atom is -0.301 e. The van der Waals surface area contributed by atoms with E-state index in [1.54, 1.807) is 27.7 Å². The summed E-state index contributed by atoms with van der Waals surface area (Å²) < 4.78 is 23.4. The molecule has 0 heterocycles. The second kappa shape index (κ2) is 7.95. The average Bonchev–Trinajstić information content (AvgIpc) is 2.35. The van der Waals surface area contributed by atoms with Gasteiger partial charge in [0.05, 0.1) is 17.9 Å². The first kappa shape index (κ1) is 18.2. The van der Waals surface area contributed by atoms with Crippen LogP contribution >= 0.6 is 19.2 Å². The smallest absolute Gasteiger partial charge is 0.301 e. The van der Waals surface area contributed by atoms with Crippen molar-refractivity contribution < 1.29 is 13.6 Å². The summed E-state index contributed by atoms with van der Waals surface area (Å²) in [5.74, 6) is 0. The van der Waals surface area contributed by atoms with Gasteiger partial charge in [0.15, 0.2) is 0 Å². The lowest BCUT2D eigenvalue weighted by Gasteiger charge is -2.21. The van der Waals surface area contributed by atoms with E-state index in [9.17, 15) is 4.57 Å². The van der Waals surface area contributed by atoms with Gasteiger partial charge in [0.1, 0.15) is 0 Å². The number of aryl methyl sites for hydroxylation is 1. The first-order valence-corrected chi connectivity index (χ1v) is 8.68. The molecule has 0 fully saturated rings. The Balaban J connectivity index is 2.88. The van der Waals surface area contributed by atoms with Gasteiger partial charge in [-0.3, -0.25) is 9.99 Å². The van der Waals surface area contributed by atoms with Gasteiger partial charge in [0.25, 0.3) is 0 Å². The fraction of sp³-hybridized carbons (Fsp3) is 0.500. The molecule has 7 heteroatoms. The highest BCUT2D eigenvalue weighted by Gasteiger charge is 2.34. The molecule has 0 aliphatic carbocycles. The molecule has 1 aromatic rings. The van der Waals surface area contributed by atoms with Crippen LogP contribution in [-0.2, 0) is 13.6 Å². The summed E-state index contributed by atoms with van der Waals surface area (Å²) in [6.07, 6.45) is -0.587. The third-order valence-corrected chi connectivity index (χ3v) is 4.91. The van der Waals surface area contributed by atoms with Crippen molar-refractivity contribution in [3.63, 3.8) is 0 Å². The van der Waals surface area contributed by atoms with E-state index in [4.69, 9.17) is 20.6 Å². The minimum atomic E-state index is -3.62. The maximum atomic E-state index is 12.7. The lowest BCUT2D eigenvalue weighted by Crippen LogP contribution is -2.12. The van der Waals surface area contributed by atoms with Crippen molar-refractivity contribution in [2.45, 2.75) is 46.8 Å². The molecular formula is C14H22ClN2O3P. The van der Waals surface area contributed by atoms with Crippen molar-refractivity contribution in [3.8, 4) is 0 Å². The van der Waals surface area contributed by atoms with Gasteiger partial charge in [0.2, 0.25) is 4.91 Å². The van der Waals surface area contributed by atoms with E-state index >= 15 is 0 Å². The number of nitrogens with zero attached hydrogens (tertiary/aromatic N) is 1. The molecule has 0 saturated heterocycles. The molecular weight excluding hydrogens is 311 g/mol. The highest BCUT2D eigenvalue weighted by atomic mass is 35.5. The topological polar surface area (TPSA) is 59.9 Å². The molecule has 1 rings (SSSR count). The highest BCUT2D eigenvalue weighted by molar-refractivity contribution is 7.77. The predicted molar refractivity (Wildman–Crippen MR) is 88.1 cm³/mol. The number of benzene rings is 1. The Morgan fingerprint density at radius 1 is 1.14 bits per heavy atom. The molecule has 0 saturated carbocycles. The number of hydrogen-bond donors (Lipinski definition) is 1. The second-order valence-electron chi connectivity index (χ2n) is 5.16. The number of halogens is 1. The zero-order valence-corrected chi connectivity index (χ0v) is 14.6. The fourth-order valence-electron chi connectivity index (χ4n) is 1.47. The molecule has 1 aromatic carbocycles. The van der Waals surface area contributed by atoms with Crippen LogP contribution in [0.1, 0.15) is 33.3 Å². The van der Waals surface area contributed by atoms with E-state index in [1.165, 1.54) is 0 Å². The number of rotatable bonds is 7. The maximum absolute atomic E-state index is 12.7. The molecule has 0 aliphatic rings. The van der Waals surface area contributed by atoms with E-state index < -0.39 is 7.60 Å². The summed E-state index contributed by atoms with van der Waals surface area (Å²) in [5.41, 5.74) is 4.62. The molecule has 5 nitrogen and oxygen atoms in total. The van der Waals surface area contributed by atoms with E-state index in [-0.39, 0.29) is 17.1 Å². The standard InChI is InChI=1S/C14H22ClN2O3P/c1-10(2)19-21(18,20-11(3)4)14(15)17-16-13-8-6-12(5)7-9-13/h6-11,16H,1-5H3/b17-14+. The number of hydrazone groups is 1. The molecule has 0 atom stereocenters. The molecule has 118 valence electrons. The van der Waals surface area contributed by atoms with Crippen LogP contribution in [0.2, 0.25) is 0 Å². The third-order valence-electron chi connectivity index (χ3n) is 2.25. The van der Waals surface area contributed by atoms with Crippen LogP contribution < -0.4 is 5.43 Å². The van der Waals surface area contributed by atoms with Gasteiger partial charge in [-0.25, -0.2) is 0 Å². The van der Waals surface area contributed by atoms with Crippen LogP contribution in [0, 0.1) is 6.92 Å². The Morgan fingerprint density at radius 3 is 2.05 bits per heavy atom. The van der Waals surface area contributed by atoms with Gasteiger partial charge in [-0.2, -0.15) is 5.10 Å². The van der Waals surface area contributed by atoms with Gasteiger partial charge < -0.3 is 9.05 Å². The number of hydrogen-bond acceptors (Lipinski definition) is 5. The van der Waals surface area contributed by atoms with Crippen LogP contribution in [0.3, 0.4) is 0 Å². The van der Waals surface area contributed by atoms with Gasteiger partial charge >= 0.3 is 7.60 Å². The first-order chi connectivity index (χ1) is 9.73. The predicted octanol–water partition coefficient (Wildman–Crippen LogP) is 4.96. The van der Waals surface area contributed by atoms with E-state index in [1.807, 2.05) is 31.2 Å². The van der Waals surface area contributed by atoms with Crippen LogP contribution in [0.25, 0.3) is 0 Å². The molecule has 1 N–H and O–H groups in total. The number of nitrogens with one attached hydrogen (secondary N) is 1. The van der Waals surface area contributed by atoms with Crippen LogP contribution in [0.4, 0.5) is 5.69 Å². The average molecular weight is 333 g/mol. The van der Waals surface area contributed by atoms with Crippen LogP contribution in [0.15, 0.2) is 29.4 Å². The molecule has 0 spiro atoms. The Morgan fingerprint density at radius 2 is 1.62 bits per heavy atom. The van der Waals surface area contributed by atoms with E-state index in [2.05, 4.69) is 10.5 Å². The second-order valence-corrected chi connectivity index (χ2v) is 7.63. The Labute approximate surface area is 131 Å². The highest BCUT2D eigenvalue weighted by Crippen LogP contribution is 2.53. The van der Waals surface area contributed by atoms with Crippen molar-refractivity contribution in [2.24, 2.45) is 5.10 Å². The normalized spacial score (nSPS) is 13.0. The van der Waals surface area contributed by atoms with Gasteiger partial charge in [-0.05, 0) is 46.8 Å². The van der Waals surface area contributed by atoms with Crippen molar-refractivity contribution in [1.29, 1.82) is 0 Å². The summed E-state index contributed by atoms with van der Waals surface area (Å²) in [6.45, 7) is 9.02. The van der Waals surface area contributed by atoms with E-state index in [0.29, 0.717) is 0 Å². The molecule has 0 unspecified atom stereocenters. The van der Waals surface area contributed by atoms with Crippen molar-refractivity contribution in [3.05, 3.63) is 29.8 Å². The molecule has 0 radical (unpaired) electrons. The Bertz CT molecular complexity index is 516. The molecule has 21 heavy (non-hydrogen) atoms. The Hall–Kier alpha value is -0.870. The number of anilines is 1. The largest absolute Gasteiger partial charge is 0.393 e. The molecule has 0 amide bonds. The molecule has 0 aliphatic heterocycles. The van der Waals surface area contributed by atoms with Gasteiger partial charge in [0, 0.05) is 0 Å². The lowest BCUT2D eigenvalue weighted by atomic mass is 10.2. The van der Waals surface area contributed by atoms with E-state index in [0.717, 1.165) is 11.3 Å². The monoisotopic (exact) mass is 332 g/mol. The van der Waals surface area contributed by atoms with Crippen molar-refractivity contribution >= 4 is 29.8 Å². The van der Waals surface area contributed by atoms with Crippen molar-refractivity contribution in [2.75, 3.05) is 5.43 Å². The zero-order chi connectivity index (χ0) is 16.0. The maximum Gasteiger partial charge on any atom is 0.393 e. The SMILES string of the molecule is Cc1ccc(N/N=C(\Cl)P(=O)(OC(C)C)OC(C)C)cc1. The minimum absolute atomic E-state index is 0.217.